The number of rotatable bonds is 3. The van der Waals surface area contributed by atoms with Gasteiger partial charge in [0.05, 0.1) is 0 Å². The molecule has 0 saturated carbocycles. The molecule has 0 aromatic carbocycles. The molecule has 1 unspecified atom stereocenters. The molecule has 1 atom stereocenters. The van der Waals surface area contributed by atoms with Crippen molar-refractivity contribution in [2.24, 2.45) is 11.8 Å². The summed E-state index contributed by atoms with van der Waals surface area (Å²) >= 11 is 1.45. The zero-order valence-electron chi connectivity index (χ0n) is 11.3. The van der Waals surface area contributed by atoms with Gasteiger partial charge in [0.15, 0.2) is 0 Å². The van der Waals surface area contributed by atoms with E-state index >= 15 is 0 Å². The number of hydrogen-bond acceptors (Lipinski definition) is 5. The SMILES string of the molecule is CC(C(=O)Nc1nnc(C(C)(C)C)s1)C1CNC1. The van der Waals surface area contributed by atoms with Gasteiger partial charge in [-0.3, -0.25) is 4.79 Å². The van der Waals surface area contributed by atoms with Gasteiger partial charge in [-0.25, -0.2) is 0 Å². The van der Waals surface area contributed by atoms with Gasteiger partial charge in [0.1, 0.15) is 5.01 Å². The largest absolute Gasteiger partial charge is 0.316 e. The second-order valence-electron chi connectivity index (χ2n) is 5.86. The van der Waals surface area contributed by atoms with Gasteiger partial charge in [-0.15, -0.1) is 10.2 Å². The summed E-state index contributed by atoms with van der Waals surface area (Å²) in [5.41, 5.74) is -0.0237. The summed E-state index contributed by atoms with van der Waals surface area (Å²) in [6, 6.07) is 0. The van der Waals surface area contributed by atoms with E-state index in [0.29, 0.717) is 11.0 Å². The first-order chi connectivity index (χ1) is 8.38. The van der Waals surface area contributed by atoms with Crippen molar-refractivity contribution in [1.29, 1.82) is 0 Å². The number of carbonyl (C=O) groups excluding carboxylic acids is 1. The zero-order valence-corrected chi connectivity index (χ0v) is 12.1. The second kappa shape index (κ2) is 4.93. The van der Waals surface area contributed by atoms with Crippen molar-refractivity contribution in [2.45, 2.75) is 33.1 Å². The lowest BCUT2D eigenvalue weighted by atomic mass is 9.88. The molecule has 1 aliphatic rings. The van der Waals surface area contributed by atoms with Gasteiger partial charge >= 0.3 is 0 Å². The van der Waals surface area contributed by atoms with E-state index in [4.69, 9.17) is 0 Å². The Kier molecular flexibility index (Phi) is 3.68. The zero-order chi connectivity index (χ0) is 13.3. The Balaban J connectivity index is 1.96. The summed E-state index contributed by atoms with van der Waals surface area (Å²) < 4.78 is 0. The average Bonchev–Trinajstić information content (AvgIpc) is 2.62. The van der Waals surface area contributed by atoms with Crippen LogP contribution in [-0.4, -0.2) is 29.2 Å². The maximum Gasteiger partial charge on any atom is 0.229 e. The monoisotopic (exact) mass is 268 g/mol. The van der Waals surface area contributed by atoms with Gasteiger partial charge in [-0.2, -0.15) is 0 Å². The van der Waals surface area contributed by atoms with Crippen LogP contribution in [0.5, 0.6) is 0 Å². The summed E-state index contributed by atoms with van der Waals surface area (Å²) in [6.07, 6.45) is 0. The quantitative estimate of drug-likeness (QED) is 0.874. The molecule has 2 N–H and O–H groups in total. The molecular formula is C12H20N4OS. The van der Waals surface area contributed by atoms with E-state index in [9.17, 15) is 4.79 Å². The summed E-state index contributed by atoms with van der Waals surface area (Å²) in [5, 5.41) is 15.7. The van der Waals surface area contributed by atoms with E-state index in [1.165, 1.54) is 11.3 Å². The lowest BCUT2D eigenvalue weighted by molar-refractivity contribution is -0.121. The highest BCUT2D eigenvalue weighted by Gasteiger charge is 2.29. The van der Waals surface area contributed by atoms with Crippen LogP contribution in [0.15, 0.2) is 0 Å². The predicted molar refractivity (Wildman–Crippen MR) is 72.8 cm³/mol. The number of aromatic nitrogens is 2. The topological polar surface area (TPSA) is 66.9 Å². The Hall–Kier alpha value is -1.01. The van der Waals surface area contributed by atoms with E-state index < -0.39 is 0 Å². The van der Waals surface area contributed by atoms with Gasteiger partial charge < -0.3 is 10.6 Å². The molecule has 5 nitrogen and oxygen atoms in total. The van der Waals surface area contributed by atoms with Crippen molar-refractivity contribution in [3.05, 3.63) is 5.01 Å². The maximum atomic E-state index is 12.0. The van der Waals surface area contributed by atoms with Crippen LogP contribution in [0.3, 0.4) is 0 Å². The fourth-order valence-electron chi connectivity index (χ4n) is 1.67. The first kappa shape index (κ1) is 13.4. The molecule has 1 aromatic rings. The van der Waals surface area contributed by atoms with E-state index in [1.54, 1.807) is 0 Å². The van der Waals surface area contributed by atoms with E-state index in [0.717, 1.165) is 18.1 Å². The van der Waals surface area contributed by atoms with Crippen LogP contribution in [0, 0.1) is 11.8 Å². The summed E-state index contributed by atoms with van der Waals surface area (Å²) in [6.45, 7) is 10.1. The van der Waals surface area contributed by atoms with Crippen LogP contribution in [-0.2, 0) is 10.2 Å². The van der Waals surface area contributed by atoms with Gasteiger partial charge in [0.25, 0.3) is 0 Å². The molecule has 2 rings (SSSR count). The molecule has 0 aliphatic carbocycles. The smallest absolute Gasteiger partial charge is 0.229 e. The summed E-state index contributed by atoms with van der Waals surface area (Å²) in [5.74, 6) is 0.506. The van der Waals surface area contributed by atoms with Crippen molar-refractivity contribution in [3.8, 4) is 0 Å². The standard InChI is InChI=1S/C12H20N4OS/c1-7(8-5-13-6-8)9(17)14-11-16-15-10(18-11)12(2,3)4/h7-8,13H,5-6H2,1-4H3,(H,14,16,17). The molecule has 1 amide bonds. The minimum Gasteiger partial charge on any atom is -0.316 e. The van der Waals surface area contributed by atoms with Crippen molar-refractivity contribution in [1.82, 2.24) is 15.5 Å². The Morgan fingerprint density at radius 2 is 2.11 bits per heavy atom. The molecule has 0 bridgehead atoms. The van der Waals surface area contributed by atoms with Gasteiger partial charge in [0.2, 0.25) is 11.0 Å². The third-order valence-electron chi connectivity index (χ3n) is 3.23. The second-order valence-corrected chi connectivity index (χ2v) is 6.84. The van der Waals surface area contributed by atoms with Crippen molar-refractivity contribution in [2.75, 3.05) is 18.4 Å². The molecule has 1 saturated heterocycles. The number of hydrogen-bond donors (Lipinski definition) is 2. The third kappa shape index (κ3) is 2.87. The highest BCUT2D eigenvalue weighted by Crippen LogP contribution is 2.28. The first-order valence-corrected chi connectivity index (χ1v) is 7.05. The summed E-state index contributed by atoms with van der Waals surface area (Å²) in [7, 11) is 0. The molecule has 1 aromatic heterocycles. The van der Waals surface area contributed by atoms with E-state index in [1.807, 2.05) is 6.92 Å². The number of amides is 1. The molecule has 1 fully saturated rings. The van der Waals surface area contributed by atoms with Gasteiger partial charge in [0, 0.05) is 11.3 Å². The Morgan fingerprint density at radius 1 is 1.44 bits per heavy atom. The van der Waals surface area contributed by atoms with Crippen molar-refractivity contribution in [3.63, 3.8) is 0 Å². The van der Waals surface area contributed by atoms with Crippen LogP contribution >= 0.6 is 11.3 Å². The van der Waals surface area contributed by atoms with Crippen molar-refractivity contribution < 1.29 is 4.79 Å². The fourth-order valence-corrected chi connectivity index (χ4v) is 2.48. The lowest BCUT2D eigenvalue weighted by Gasteiger charge is -2.31. The van der Waals surface area contributed by atoms with Gasteiger partial charge in [-0.1, -0.05) is 39.0 Å². The van der Waals surface area contributed by atoms with Gasteiger partial charge in [-0.05, 0) is 19.0 Å². The number of anilines is 1. The normalized spacial score (nSPS) is 18.2. The minimum atomic E-state index is -0.0237. The molecule has 100 valence electrons. The Morgan fingerprint density at radius 3 is 2.56 bits per heavy atom. The Bertz CT molecular complexity index is 434. The molecule has 6 heteroatoms. The lowest BCUT2D eigenvalue weighted by Crippen LogP contribution is -2.48. The highest BCUT2D eigenvalue weighted by atomic mass is 32.1. The maximum absolute atomic E-state index is 12.0. The van der Waals surface area contributed by atoms with Crippen LogP contribution < -0.4 is 10.6 Å². The minimum absolute atomic E-state index is 0.0215. The van der Waals surface area contributed by atoms with Crippen LogP contribution in [0.1, 0.15) is 32.7 Å². The number of carbonyl (C=O) groups is 1. The third-order valence-corrected chi connectivity index (χ3v) is 4.49. The fraction of sp³-hybridized carbons (Fsp3) is 0.750. The molecule has 0 spiro atoms. The first-order valence-electron chi connectivity index (χ1n) is 6.23. The molecule has 1 aliphatic heterocycles. The van der Waals surface area contributed by atoms with E-state index in [2.05, 4.69) is 41.6 Å². The Labute approximate surface area is 111 Å². The molecule has 18 heavy (non-hydrogen) atoms. The van der Waals surface area contributed by atoms with Crippen LogP contribution in [0.2, 0.25) is 0 Å². The molecular weight excluding hydrogens is 248 g/mol. The predicted octanol–water partition coefficient (Wildman–Crippen LogP) is 1.63. The van der Waals surface area contributed by atoms with Crippen molar-refractivity contribution >= 4 is 22.4 Å². The average molecular weight is 268 g/mol. The molecule has 2 heterocycles. The van der Waals surface area contributed by atoms with E-state index in [-0.39, 0.29) is 17.2 Å². The van der Waals surface area contributed by atoms with Crippen LogP contribution in [0.4, 0.5) is 5.13 Å². The number of nitrogens with zero attached hydrogens (tertiary/aromatic N) is 2. The van der Waals surface area contributed by atoms with Crippen LogP contribution in [0.25, 0.3) is 0 Å². The number of nitrogens with one attached hydrogen (secondary N) is 2. The highest BCUT2D eigenvalue weighted by molar-refractivity contribution is 7.15. The summed E-state index contributed by atoms with van der Waals surface area (Å²) in [4.78, 5) is 12.0. The molecule has 0 radical (unpaired) electrons.